The molecule has 0 saturated heterocycles. The van der Waals surface area contributed by atoms with E-state index in [1.54, 1.807) is 13.0 Å². The number of hydrogen-bond donors (Lipinski definition) is 3. The maximum atomic E-state index is 14.5. The molecule has 0 heterocycles. The molecule has 1 aliphatic carbocycles. The summed E-state index contributed by atoms with van der Waals surface area (Å²) in [6, 6.07) is 5.48. The van der Waals surface area contributed by atoms with E-state index in [0.717, 1.165) is 0 Å². The molecule has 1 amide bonds. The number of ether oxygens (including phenoxy) is 1. The number of carboxylic acids is 1. The van der Waals surface area contributed by atoms with Gasteiger partial charge in [0.25, 0.3) is 5.91 Å². The predicted octanol–water partition coefficient (Wildman–Crippen LogP) is 3.59. The summed E-state index contributed by atoms with van der Waals surface area (Å²) in [5.74, 6) is -7.63. The summed E-state index contributed by atoms with van der Waals surface area (Å²) in [5.41, 5.74) is 5.35. The number of amides is 1. The van der Waals surface area contributed by atoms with Crippen molar-refractivity contribution < 1.29 is 41.4 Å². The number of carbonyl (C=O) groups excluding carboxylic acids is 1. The second-order valence-corrected chi connectivity index (χ2v) is 7.21. The number of halogens is 5. The molecule has 4 N–H and O–H groups in total. The number of carbonyl (C=O) groups is 2. The fraction of sp³-hybridized carbons (Fsp3) is 0.579. The normalized spacial score (nSPS) is 21.8. The first-order valence-corrected chi connectivity index (χ1v) is 9.20. The molecule has 11 heteroatoms. The Bertz CT molecular complexity index is 728. The van der Waals surface area contributed by atoms with Crippen molar-refractivity contribution in [3.63, 3.8) is 0 Å². The maximum Gasteiger partial charge on any atom is 0.490 e. The summed E-state index contributed by atoms with van der Waals surface area (Å²) < 4.78 is 66.0. The number of hydrogen-bond acceptors (Lipinski definition) is 4. The third-order valence-corrected chi connectivity index (χ3v) is 4.52. The van der Waals surface area contributed by atoms with Crippen molar-refractivity contribution in [1.29, 1.82) is 0 Å². The minimum atomic E-state index is -5.08. The minimum Gasteiger partial charge on any atom is -0.493 e. The number of aliphatic carboxylic acids is 1. The largest absolute Gasteiger partial charge is 0.493 e. The molecule has 0 atom stereocenters. The lowest BCUT2D eigenvalue weighted by atomic mass is 9.81. The van der Waals surface area contributed by atoms with Gasteiger partial charge in [0.15, 0.2) is 0 Å². The van der Waals surface area contributed by atoms with Crippen molar-refractivity contribution in [2.75, 3.05) is 6.61 Å². The Hall–Kier alpha value is -2.43. The van der Waals surface area contributed by atoms with E-state index in [4.69, 9.17) is 20.4 Å². The van der Waals surface area contributed by atoms with Crippen LogP contribution in [0.2, 0.25) is 0 Å². The first kappa shape index (κ1) is 25.6. The average molecular weight is 440 g/mol. The highest BCUT2D eigenvalue weighted by atomic mass is 19.4. The quantitative estimate of drug-likeness (QED) is 0.608. The summed E-state index contributed by atoms with van der Waals surface area (Å²) in [6.45, 7) is 3.91. The Labute approximate surface area is 170 Å². The summed E-state index contributed by atoms with van der Waals surface area (Å²) in [7, 11) is 0. The number of para-hydroxylation sites is 1. The summed E-state index contributed by atoms with van der Waals surface area (Å²) in [6.07, 6.45) is -2.44. The molecular weight excluding hydrogens is 415 g/mol. The predicted molar refractivity (Wildman–Crippen MR) is 98.2 cm³/mol. The van der Waals surface area contributed by atoms with Gasteiger partial charge in [-0.1, -0.05) is 12.1 Å². The topological polar surface area (TPSA) is 102 Å². The van der Waals surface area contributed by atoms with Crippen molar-refractivity contribution in [3.05, 3.63) is 29.8 Å². The molecule has 1 aliphatic rings. The number of nitrogens with two attached hydrogens (primary N) is 1. The van der Waals surface area contributed by atoms with Crippen molar-refractivity contribution in [1.82, 2.24) is 5.32 Å². The Morgan fingerprint density at radius 1 is 1.20 bits per heavy atom. The van der Waals surface area contributed by atoms with Crippen molar-refractivity contribution in [3.8, 4) is 5.75 Å². The molecule has 0 spiro atoms. The van der Waals surface area contributed by atoms with E-state index in [9.17, 15) is 26.7 Å². The third kappa shape index (κ3) is 7.43. The van der Waals surface area contributed by atoms with Crippen LogP contribution in [0.5, 0.6) is 5.75 Å². The Balaban J connectivity index is 0.000000553. The van der Waals surface area contributed by atoms with Gasteiger partial charge < -0.3 is 20.9 Å². The smallest absolute Gasteiger partial charge is 0.490 e. The van der Waals surface area contributed by atoms with Crippen LogP contribution in [0.15, 0.2) is 24.3 Å². The lowest BCUT2D eigenvalue weighted by molar-refractivity contribution is -0.192. The molecule has 0 aliphatic heterocycles. The fourth-order valence-corrected chi connectivity index (χ4v) is 2.83. The monoisotopic (exact) mass is 440 g/mol. The number of carboxylic acid groups (broad SMARTS) is 1. The molecule has 1 fully saturated rings. The van der Waals surface area contributed by atoms with Gasteiger partial charge in [-0.05, 0) is 51.7 Å². The molecular formula is C19H25F5N2O4. The molecule has 0 unspecified atom stereocenters. The Morgan fingerprint density at radius 2 is 1.70 bits per heavy atom. The SMILES string of the molecule is CCOc1ccccc1C(F)(F)C(=O)NC1CCC(C)(N)CC1.O=C(O)C(F)(F)F. The molecule has 1 saturated carbocycles. The molecule has 2 rings (SSSR count). The lowest BCUT2D eigenvalue weighted by Gasteiger charge is -2.35. The first-order valence-electron chi connectivity index (χ1n) is 9.20. The molecule has 0 bridgehead atoms. The highest BCUT2D eigenvalue weighted by Crippen LogP contribution is 2.36. The van der Waals surface area contributed by atoms with E-state index in [0.29, 0.717) is 25.7 Å². The van der Waals surface area contributed by atoms with Crippen LogP contribution in [-0.2, 0) is 15.5 Å². The van der Waals surface area contributed by atoms with Gasteiger partial charge in [0.05, 0.1) is 12.2 Å². The van der Waals surface area contributed by atoms with Crippen molar-refractivity contribution in [2.45, 2.75) is 63.2 Å². The first-order chi connectivity index (χ1) is 13.7. The van der Waals surface area contributed by atoms with Crippen LogP contribution in [0.4, 0.5) is 22.0 Å². The lowest BCUT2D eigenvalue weighted by Crippen LogP contribution is -2.49. The summed E-state index contributed by atoms with van der Waals surface area (Å²) in [5, 5.41) is 9.59. The maximum absolute atomic E-state index is 14.5. The van der Waals surface area contributed by atoms with Crippen LogP contribution in [0.25, 0.3) is 0 Å². The van der Waals surface area contributed by atoms with Crippen LogP contribution in [-0.4, -0.2) is 41.3 Å². The van der Waals surface area contributed by atoms with Gasteiger partial charge in [0.1, 0.15) is 5.75 Å². The van der Waals surface area contributed by atoms with E-state index >= 15 is 0 Å². The van der Waals surface area contributed by atoms with Gasteiger partial charge >= 0.3 is 18.1 Å². The second-order valence-electron chi connectivity index (χ2n) is 7.21. The highest BCUT2D eigenvalue weighted by molar-refractivity contribution is 5.85. The van der Waals surface area contributed by atoms with Crippen LogP contribution < -0.4 is 15.8 Å². The third-order valence-electron chi connectivity index (χ3n) is 4.52. The molecule has 1 aromatic rings. The number of benzene rings is 1. The van der Waals surface area contributed by atoms with Gasteiger partial charge in [0, 0.05) is 11.6 Å². The summed E-state index contributed by atoms with van der Waals surface area (Å²) >= 11 is 0. The van der Waals surface area contributed by atoms with E-state index in [-0.39, 0.29) is 23.9 Å². The van der Waals surface area contributed by atoms with Gasteiger partial charge in [0.2, 0.25) is 0 Å². The van der Waals surface area contributed by atoms with E-state index in [1.807, 2.05) is 6.92 Å². The molecule has 6 nitrogen and oxygen atoms in total. The Morgan fingerprint density at radius 3 is 2.17 bits per heavy atom. The van der Waals surface area contributed by atoms with Gasteiger partial charge in [-0.3, -0.25) is 4.79 Å². The van der Waals surface area contributed by atoms with Gasteiger partial charge in [-0.15, -0.1) is 0 Å². The zero-order valence-electron chi connectivity index (χ0n) is 16.6. The van der Waals surface area contributed by atoms with Crippen LogP contribution in [0.1, 0.15) is 45.1 Å². The molecule has 0 radical (unpaired) electrons. The molecule has 170 valence electrons. The van der Waals surface area contributed by atoms with Gasteiger partial charge in [-0.25, -0.2) is 4.79 Å². The molecule has 0 aromatic heterocycles. The van der Waals surface area contributed by atoms with E-state index in [2.05, 4.69) is 5.32 Å². The minimum absolute atomic E-state index is 0.0355. The zero-order valence-corrected chi connectivity index (χ0v) is 16.6. The molecule has 30 heavy (non-hydrogen) atoms. The van der Waals surface area contributed by atoms with Crippen LogP contribution in [0.3, 0.4) is 0 Å². The average Bonchev–Trinajstić information content (AvgIpc) is 2.63. The van der Waals surface area contributed by atoms with Crippen molar-refractivity contribution in [2.24, 2.45) is 5.73 Å². The van der Waals surface area contributed by atoms with Crippen LogP contribution in [0, 0.1) is 0 Å². The number of alkyl halides is 5. The van der Waals surface area contributed by atoms with Crippen molar-refractivity contribution >= 4 is 11.9 Å². The molecule has 1 aromatic carbocycles. The van der Waals surface area contributed by atoms with Gasteiger partial charge in [-0.2, -0.15) is 22.0 Å². The fourth-order valence-electron chi connectivity index (χ4n) is 2.83. The standard InChI is InChI=1S/C17H24F2N2O2.C2HF3O2/c1-3-23-14-7-5-4-6-13(14)17(18,19)15(22)21-12-8-10-16(2,20)11-9-12;3-2(4,5)1(6)7/h4-7,12H,3,8-11,20H2,1-2H3,(H,21,22);(H,6,7). The second kappa shape index (κ2) is 10.1. The van der Waals surface area contributed by atoms with Crippen LogP contribution >= 0.6 is 0 Å². The number of rotatable bonds is 5. The Kier molecular flexibility index (Phi) is 8.58. The summed E-state index contributed by atoms with van der Waals surface area (Å²) in [4.78, 5) is 21.0. The van der Waals surface area contributed by atoms with E-state index in [1.165, 1.54) is 18.2 Å². The number of nitrogens with one attached hydrogen (secondary N) is 1. The van der Waals surface area contributed by atoms with E-state index < -0.39 is 29.5 Å². The highest BCUT2D eigenvalue weighted by Gasteiger charge is 2.44. The zero-order chi connectivity index (χ0) is 23.2.